The average Bonchev–Trinajstić information content (AvgIpc) is 3.37. The van der Waals surface area contributed by atoms with Gasteiger partial charge in [-0.3, -0.25) is 0 Å². The molecule has 0 aliphatic rings. The summed E-state index contributed by atoms with van der Waals surface area (Å²) in [6.45, 7) is 0.672. The van der Waals surface area contributed by atoms with Gasteiger partial charge in [0.05, 0.1) is 17.6 Å². The molecule has 0 spiro atoms. The fraction of sp³-hybridized carbons (Fsp3) is 0.0476. The van der Waals surface area contributed by atoms with Crippen molar-refractivity contribution in [1.82, 2.24) is 25.1 Å². The van der Waals surface area contributed by atoms with E-state index in [9.17, 15) is 0 Å². The lowest BCUT2D eigenvalue weighted by molar-refractivity contribution is 0.432. The maximum atomic E-state index is 5.45. The molecule has 0 atom stereocenters. The van der Waals surface area contributed by atoms with Crippen LogP contribution in [0.1, 0.15) is 5.56 Å². The Bertz CT molecular complexity index is 1260. The van der Waals surface area contributed by atoms with Crippen molar-refractivity contribution < 1.29 is 4.52 Å². The van der Waals surface area contributed by atoms with E-state index in [1.807, 2.05) is 65.3 Å². The highest BCUT2D eigenvalue weighted by molar-refractivity contribution is 9.10. The third kappa shape index (κ3) is 3.10. The number of hydrogen-bond donors (Lipinski definition) is 0. The van der Waals surface area contributed by atoms with Crippen molar-refractivity contribution in [1.29, 1.82) is 0 Å². The van der Waals surface area contributed by atoms with Crippen LogP contribution in [-0.2, 0) is 6.54 Å². The minimum atomic E-state index is 0.468. The molecule has 0 saturated heterocycles. The van der Waals surface area contributed by atoms with Gasteiger partial charge in [-0.25, -0.2) is 4.68 Å². The summed E-state index contributed by atoms with van der Waals surface area (Å²) in [6.07, 6.45) is 0. The Labute approximate surface area is 168 Å². The second-order valence-electron chi connectivity index (χ2n) is 6.34. The summed E-state index contributed by atoms with van der Waals surface area (Å²) >= 11 is 3.51. The Morgan fingerprint density at radius 1 is 0.929 bits per heavy atom. The van der Waals surface area contributed by atoms with Gasteiger partial charge in [0.15, 0.2) is 0 Å². The summed E-state index contributed by atoms with van der Waals surface area (Å²) < 4.78 is 8.24. The van der Waals surface area contributed by atoms with Gasteiger partial charge in [0.1, 0.15) is 5.52 Å². The van der Waals surface area contributed by atoms with E-state index in [1.54, 1.807) is 0 Å². The van der Waals surface area contributed by atoms with E-state index in [0.717, 1.165) is 26.6 Å². The van der Waals surface area contributed by atoms with Crippen molar-refractivity contribution in [2.45, 2.75) is 6.54 Å². The molecule has 2 aromatic heterocycles. The molecule has 0 saturated carbocycles. The lowest BCUT2D eigenvalue weighted by Crippen LogP contribution is -2.01. The normalized spacial score (nSPS) is 11.2. The van der Waals surface area contributed by atoms with Crippen molar-refractivity contribution in [3.05, 3.63) is 82.8 Å². The molecule has 0 N–H and O–H groups in total. The van der Waals surface area contributed by atoms with Crippen molar-refractivity contribution >= 4 is 27.0 Å². The molecule has 0 amide bonds. The number of nitrogens with zero attached hydrogens (tertiary/aromatic N) is 5. The molecule has 0 radical (unpaired) electrons. The van der Waals surface area contributed by atoms with E-state index in [0.29, 0.717) is 18.3 Å². The zero-order valence-electron chi connectivity index (χ0n) is 14.7. The summed E-state index contributed by atoms with van der Waals surface area (Å²) in [5.74, 6) is 0.987. The van der Waals surface area contributed by atoms with Crippen LogP contribution in [0, 0.1) is 0 Å². The third-order valence-electron chi connectivity index (χ3n) is 4.48. The molecular weight excluding hydrogens is 418 g/mol. The quantitative estimate of drug-likeness (QED) is 0.402. The number of rotatable bonds is 4. The van der Waals surface area contributed by atoms with Crippen LogP contribution >= 0.6 is 15.9 Å². The molecule has 5 aromatic rings. The predicted octanol–water partition coefficient (Wildman–Crippen LogP) is 4.96. The fourth-order valence-electron chi connectivity index (χ4n) is 3.07. The van der Waals surface area contributed by atoms with E-state index in [-0.39, 0.29) is 0 Å². The zero-order valence-corrected chi connectivity index (χ0v) is 16.2. The van der Waals surface area contributed by atoms with E-state index < -0.39 is 0 Å². The molecule has 5 rings (SSSR count). The van der Waals surface area contributed by atoms with E-state index >= 15 is 0 Å². The third-order valence-corrected chi connectivity index (χ3v) is 5.17. The Balaban J connectivity index is 1.47. The molecule has 6 nitrogen and oxygen atoms in total. The SMILES string of the molecule is Brc1ccccc1-c1nc(-c2ccc3c(c2)nnn3Cc2ccccc2)no1. The van der Waals surface area contributed by atoms with Gasteiger partial charge >= 0.3 is 0 Å². The Kier molecular flexibility index (Phi) is 4.21. The number of halogens is 1. The van der Waals surface area contributed by atoms with Gasteiger partial charge < -0.3 is 4.52 Å². The van der Waals surface area contributed by atoms with Crippen LogP contribution < -0.4 is 0 Å². The second kappa shape index (κ2) is 7.01. The lowest BCUT2D eigenvalue weighted by atomic mass is 10.2. The molecule has 0 aliphatic carbocycles. The number of aromatic nitrogens is 5. The number of benzene rings is 3. The first-order chi connectivity index (χ1) is 13.8. The summed E-state index contributed by atoms with van der Waals surface area (Å²) in [5, 5.41) is 12.7. The monoisotopic (exact) mass is 431 g/mol. The Hall–Kier alpha value is -3.32. The molecule has 0 bridgehead atoms. The van der Waals surface area contributed by atoms with Crippen molar-refractivity contribution in [2.24, 2.45) is 0 Å². The predicted molar refractivity (Wildman–Crippen MR) is 110 cm³/mol. The summed E-state index contributed by atoms with van der Waals surface area (Å²) in [5.41, 5.74) is 4.62. The van der Waals surface area contributed by atoms with Gasteiger partial charge in [-0.05, 0) is 51.8 Å². The van der Waals surface area contributed by atoms with Crippen LogP contribution in [-0.4, -0.2) is 25.1 Å². The molecule has 7 heteroatoms. The summed E-state index contributed by atoms with van der Waals surface area (Å²) in [6, 6.07) is 23.8. The van der Waals surface area contributed by atoms with Gasteiger partial charge in [-0.15, -0.1) is 5.10 Å². The van der Waals surface area contributed by atoms with Crippen LogP contribution in [0.2, 0.25) is 0 Å². The first kappa shape index (κ1) is 16.8. The van der Waals surface area contributed by atoms with Crippen LogP contribution in [0.4, 0.5) is 0 Å². The van der Waals surface area contributed by atoms with Crippen LogP contribution in [0.15, 0.2) is 81.8 Å². The highest BCUT2D eigenvalue weighted by Crippen LogP contribution is 2.29. The van der Waals surface area contributed by atoms with Gasteiger partial charge in [0.25, 0.3) is 5.89 Å². The molecular formula is C21H14BrN5O. The highest BCUT2D eigenvalue weighted by atomic mass is 79.9. The zero-order chi connectivity index (χ0) is 18.9. The van der Waals surface area contributed by atoms with Gasteiger partial charge in [0, 0.05) is 10.0 Å². The summed E-state index contributed by atoms with van der Waals surface area (Å²) in [7, 11) is 0. The molecule has 0 fully saturated rings. The largest absolute Gasteiger partial charge is 0.334 e. The second-order valence-corrected chi connectivity index (χ2v) is 7.19. The molecule has 3 aromatic carbocycles. The molecule has 0 unspecified atom stereocenters. The summed E-state index contributed by atoms with van der Waals surface area (Å²) in [4.78, 5) is 4.53. The smallest absolute Gasteiger partial charge is 0.259 e. The molecule has 28 heavy (non-hydrogen) atoms. The maximum Gasteiger partial charge on any atom is 0.259 e. The number of fused-ring (bicyclic) bond motifs is 1. The first-order valence-corrected chi connectivity index (χ1v) is 9.53. The number of hydrogen-bond acceptors (Lipinski definition) is 5. The van der Waals surface area contributed by atoms with Crippen molar-refractivity contribution in [2.75, 3.05) is 0 Å². The standard InChI is InChI=1S/C21H14BrN5O/c22-17-9-5-4-8-16(17)21-23-20(25-28-21)15-10-11-19-18(12-15)24-26-27(19)13-14-6-2-1-3-7-14/h1-12H,13H2. The topological polar surface area (TPSA) is 69.6 Å². The maximum absolute atomic E-state index is 5.45. The fourth-order valence-corrected chi connectivity index (χ4v) is 3.52. The Morgan fingerprint density at radius 3 is 2.61 bits per heavy atom. The van der Waals surface area contributed by atoms with Crippen LogP contribution in [0.5, 0.6) is 0 Å². The lowest BCUT2D eigenvalue weighted by Gasteiger charge is -2.02. The van der Waals surface area contributed by atoms with Crippen LogP contribution in [0.25, 0.3) is 33.9 Å². The first-order valence-electron chi connectivity index (χ1n) is 8.74. The van der Waals surface area contributed by atoms with Gasteiger partial charge in [-0.2, -0.15) is 4.98 Å². The van der Waals surface area contributed by atoms with Crippen molar-refractivity contribution in [3.63, 3.8) is 0 Å². The van der Waals surface area contributed by atoms with Gasteiger partial charge in [0.2, 0.25) is 5.82 Å². The molecule has 2 heterocycles. The molecule has 0 aliphatic heterocycles. The van der Waals surface area contributed by atoms with E-state index in [4.69, 9.17) is 4.52 Å². The van der Waals surface area contributed by atoms with Gasteiger partial charge in [-0.1, -0.05) is 52.8 Å². The Morgan fingerprint density at radius 2 is 1.75 bits per heavy atom. The average molecular weight is 432 g/mol. The molecule has 136 valence electrons. The minimum Gasteiger partial charge on any atom is -0.334 e. The van der Waals surface area contributed by atoms with E-state index in [2.05, 4.69) is 48.5 Å². The minimum absolute atomic E-state index is 0.468. The highest BCUT2D eigenvalue weighted by Gasteiger charge is 2.14. The van der Waals surface area contributed by atoms with Crippen molar-refractivity contribution in [3.8, 4) is 22.8 Å². The van der Waals surface area contributed by atoms with E-state index in [1.165, 1.54) is 5.56 Å². The van der Waals surface area contributed by atoms with Crippen LogP contribution in [0.3, 0.4) is 0 Å².